The number of anilines is 1. The smallest absolute Gasteiger partial charge is 0.245 e. The molecule has 116 valence electrons. The number of morpholine rings is 1. The molecule has 1 saturated heterocycles. The second kappa shape index (κ2) is 5.92. The lowest BCUT2D eigenvalue weighted by molar-refractivity contribution is -0.0586. The average molecular weight is 311 g/mol. The Morgan fingerprint density at radius 1 is 1.24 bits per heavy atom. The Kier molecular flexibility index (Phi) is 4.17. The largest absolute Gasteiger partial charge is 0.375 e. The van der Waals surface area contributed by atoms with Gasteiger partial charge in [0.1, 0.15) is 4.90 Å². The number of nitrogen functional groups attached to an aromatic ring is 1. The van der Waals surface area contributed by atoms with E-state index in [2.05, 4.69) is 5.43 Å². The van der Waals surface area contributed by atoms with Crippen LogP contribution >= 0.6 is 0 Å². The summed E-state index contributed by atoms with van der Waals surface area (Å²) in [5.41, 5.74) is 2.90. The molecule has 0 amide bonds. The van der Waals surface area contributed by atoms with Gasteiger partial charge in [0.25, 0.3) is 0 Å². The summed E-state index contributed by atoms with van der Waals surface area (Å²) in [5, 5.41) is 0. The number of sulfonamides is 1. The van der Waals surface area contributed by atoms with Crippen molar-refractivity contribution in [1.29, 1.82) is 0 Å². The summed E-state index contributed by atoms with van der Waals surface area (Å²) in [7, 11) is -3.56. The Labute approximate surface area is 125 Å². The summed E-state index contributed by atoms with van der Waals surface area (Å²) in [5.74, 6) is 5.45. The number of nitrogens with zero attached hydrogens (tertiary/aromatic N) is 1. The molecule has 0 radical (unpaired) electrons. The van der Waals surface area contributed by atoms with E-state index >= 15 is 0 Å². The maximum Gasteiger partial charge on any atom is 0.245 e. The molecule has 6 nitrogen and oxygen atoms in total. The van der Waals surface area contributed by atoms with E-state index in [-0.39, 0.29) is 17.0 Å². The van der Waals surface area contributed by atoms with Gasteiger partial charge in [0.05, 0.1) is 24.4 Å². The Morgan fingerprint density at radius 2 is 2.00 bits per heavy atom. The molecule has 21 heavy (non-hydrogen) atoms. The van der Waals surface area contributed by atoms with Crippen molar-refractivity contribution in [2.24, 2.45) is 5.84 Å². The van der Waals surface area contributed by atoms with Crippen molar-refractivity contribution in [2.75, 3.05) is 18.6 Å². The number of hydrazine groups is 1. The average Bonchev–Trinajstić information content (AvgIpc) is 2.54. The third kappa shape index (κ3) is 2.66. The van der Waals surface area contributed by atoms with Crippen LogP contribution in [-0.4, -0.2) is 38.0 Å². The minimum absolute atomic E-state index is 0.0280. The van der Waals surface area contributed by atoms with E-state index in [4.69, 9.17) is 10.6 Å². The highest BCUT2D eigenvalue weighted by Crippen LogP contribution is 2.33. The normalized spacial score (nSPS) is 27.1. The lowest BCUT2D eigenvalue weighted by Crippen LogP contribution is -2.54. The Bertz CT molecular complexity index is 603. The van der Waals surface area contributed by atoms with Crippen LogP contribution in [0.4, 0.5) is 5.69 Å². The summed E-state index contributed by atoms with van der Waals surface area (Å²) in [4.78, 5) is 0.235. The van der Waals surface area contributed by atoms with Crippen LogP contribution in [0.25, 0.3) is 0 Å². The number of nitrogens with two attached hydrogens (primary N) is 1. The van der Waals surface area contributed by atoms with Gasteiger partial charge >= 0.3 is 0 Å². The van der Waals surface area contributed by atoms with Crippen LogP contribution in [0.15, 0.2) is 29.2 Å². The van der Waals surface area contributed by atoms with Gasteiger partial charge in [0.15, 0.2) is 0 Å². The predicted molar refractivity (Wildman–Crippen MR) is 80.1 cm³/mol. The standard InChI is InChI=1S/C14H21N3O3S/c15-16-11-5-1-4-8-14(11)21(18,19)17-9-10-20-13-7-3-2-6-12(13)17/h1,4-5,8,12-13,16H,2-3,6-7,9-10,15H2. The molecule has 1 saturated carbocycles. The molecule has 2 aliphatic rings. The van der Waals surface area contributed by atoms with Crippen molar-refractivity contribution in [2.45, 2.75) is 42.7 Å². The van der Waals surface area contributed by atoms with Crippen LogP contribution < -0.4 is 11.3 Å². The second-order valence-electron chi connectivity index (χ2n) is 5.52. The first-order chi connectivity index (χ1) is 10.1. The molecule has 3 rings (SSSR count). The van der Waals surface area contributed by atoms with Gasteiger partial charge in [-0.2, -0.15) is 4.31 Å². The van der Waals surface area contributed by atoms with Crippen LogP contribution in [0.2, 0.25) is 0 Å². The van der Waals surface area contributed by atoms with E-state index in [0.29, 0.717) is 18.8 Å². The summed E-state index contributed by atoms with van der Waals surface area (Å²) in [6.45, 7) is 0.862. The fraction of sp³-hybridized carbons (Fsp3) is 0.571. The van der Waals surface area contributed by atoms with Crippen LogP contribution in [0.5, 0.6) is 0 Å². The minimum Gasteiger partial charge on any atom is -0.375 e. The Balaban J connectivity index is 1.96. The first-order valence-electron chi connectivity index (χ1n) is 7.33. The third-order valence-electron chi connectivity index (χ3n) is 4.31. The van der Waals surface area contributed by atoms with Crippen molar-refractivity contribution >= 4 is 15.7 Å². The van der Waals surface area contributed by atoms with E-state index < -0.39 is 10.0 Å². The van der Waals surface area contributed by atoms with Gasteiger partial charge in [-0.25, -0.2) is 8.42 Å². The summed E-state index contributed by atoms with van der Waals surface area (Å²) >= 11 is 0. The van der Waals surface area contributed by atoms with Crippen molar-refractivity contribution in [3.63, 3.8) is 0 Å². The molecular formula is C14H21N3O3S. The number of nitrogens with one attached hydrogen (secondary N) is 1. The van der Waals surface area contributed by atoms with Crippen molar-refractivity contribution in [1.82, 2.24) is 4.31 Å². The molecule has 0 bridgehead atoms. The zero-order chi connectivity index (χ0) is 14.9. The van der Waals surface area contributed by atoms with Gasteiger partial charge in [-0.3, -0.25) is 5.84 Å². The number of hydrogen-bond donors (Lipinski definition) is 2. The SMILES string of the molecule is NNc1ccccc1S(=O)(=O)N1CCOC2CCCCC21. The van der Waals surface area contributed by atoms with Gasteiger partial charge in [-0.15, -0.1) is 0 Å². The quantitative estimate of drug-likeness (QED) is 0.649. The van der Waals surface area contributed by atoms with Crippen molar-refractivity contribution < 1.29 is 13.2 Å². The molecule has 0 spiro atoms. The summed E-state index contributed by atoms with van der Waals surface area (Å²) in [6.07, 6.45) is 3.99. The van der Waals surface area contributed by atoms with E-state index in [1.165, 1.54) is 0 Å². The fourth-order valence-corrected chi connectivity index (χ4v) is 5.12. The zero-order valence-electron chi connectivity index (χ0n) is 11.9. The Hall–Kier alpha value is -1.15. The Morgan fingerprint density at radius 3 is 2.81 bits per heavy atom. The number of rotatable bonds is 3. The van der Waals surface area contributed by atoms with Crippen LogP contribution in [0, 0.1) is 0 Å². The van der Waals surface area contributed by atoms with E-state index in [1.54, 1.807) is 28.6 Å². The number of fused-ring (bicyclic) bond motifs is 1. The minimum atomic E-state index is -3.56. The van der Waals surface area contributed by atoms with E-state index in [0.717, 1.165) is 25.7 Å². The third-order valence-corrected chi connectivity index (χ3v) is 6.29. The van der Waals surface area contributed by atoms with Gasteiger partial charge in [0.2, 0.25) is 10.0 Å². The first kappa shape index (κ1) is 14.8. The number of ether oxygens (including phenoxy) is 1. The molecule has 1 aromatic rings. The van der Waals surface area contributed by atoms with Crippen molar-refractivity contribution in [3.05, 3.63) is 24.3 Å². The highest BCUT2D eigenvalue weighted by Gasteiger charge is 2.41. The molecule has 3 N–H and O–H groups in total. The molecule has 1 heterocycles. The topological polar surface area (TPSA) is 84.7 Å². The monoisotopic (exact) mass is 311 g/mol. The molecule has 0 aromatic heterocycles. The summed E-state index contributed by atoms with van der Waals surface area (Å²) in [6, 6.07) is 6.69. The fourth-order valence-electron chi connectivity index (χ4n) is 3.30. The molecule has 1 aromatic carbocycles. The highest BCUT2D eigenvalue weighted by atomic mass is 32.2. The van der Waals surface area contributed by atoms with Gasteiger partial charge in [0, 0.05) is 6.54 Å². The van der Waals surface area contributed by atoms with Gasteiger partial charge < -0.3 is 10.2 Å². The lowest BCUT2D eigenvalue weighted by atomic mass is 9.91. The molecule has 1 aliphatic heterocycles. The highest BCUT2D eigenvalue weighted by molar-refractivity contribution is 7.89. The van der Waals surface area contributed by atoms with Crippen LogP contribution in [0.1, 0.15) is 25.7 Å². The zero-order valence-corrected chi connectivity index (χ0v) is 12.7. The maximum atomic E-state index is 13.0. The first-order valence-corrected chi connectivity index (χ1v) is 8.77. The van der Waals surface area contributed by atoms with Crippen molar-refractivity contribution in [3.8, 4) is 0 Å². The number of benzene rings is 1. The van der Waals surface area contributed by atoms with Gasteiger partial charge in [-0.1, -0.05) is 25.0 Å². The lowest BCUT2D eigenvalue weighted by Gasteiger charge is -2.42. The molecule has 1 aliphatic carbocycles. The maximum absolute atomic E-state index is 13.0. The van der Waals surface area contributed by atoms with Crippen LogP contribution in [0.3, 0.4) is 0 Å². The molecular weight excluding hydrogens is 290 g/mol. The van der Waals surface area contributed by atoms with Crippen LogP contribution in [-0.2, 0) is 14.8 Å². The van der Waals surface area contributed by atoms with E-state index in [1.807, 2.05) is 0 Å². The van der Waals surface area contributed by atoms with Gasteiger partial charge in [-0.05, 0) is 25.0 Å². The molecule has 7 heteroatoms. The number of para-hydroxylation sites is 1. The number of hydrogen-bond acceptors (Lipinski definition) is 5. The molecule has 2 fully saturated rings. The predicted octanol–water partition coefficient (Wildman–Crippen LogP) is 1.30. The molecule has 2 unspecified atom stereocenters. The second-order valence-corrected chi connectivity index (χ2v) is 7.38. The molecule has 2 atom stereocenters. The summed E-state index contributed by atoms with van der Waals surface area (Å²) < 4.78 is 33.4. The van der Waals surface area contributed by atoms with E-state index in [9.17, 15) is 8.42 Å².